The van der Waals surface area contributed by atoms with Crippen LogP contribution in [-0.4, -0.2) is 14.5 Å². The van der Waals surface area contributed by atoms with Crippen LogP contribution in [0.2, 0.25) is 5.02 Å². The molecule has 1 atom stereocenters. The third-order valence-electron chi connectivity index (χ3n) is 3.09. The van der Waals surface area contributed by atoms with Crippen molar-refractivity contribution in [2.45, 2.75) is 31.2 Å². The fourth-order valence-corrected chi connectivity index (χ4v) is 3.65. The Kier molecular flexibility index (Phi) is 4.13. The zero-order valence-electron chi connectivity index (χ0n) is 10.9. The SMILES string of the molecule is CC[C@H](C)NS(=O)(=O)c1ccc(Cl)c2ccccc12. The molecule has 0 aliphatic heterocycles. The van der Waals surface area contributed by atoms with E-state index in [1.54, 1.807) is 24.3 Å². The van der Waals surface area contributed by atoms with Gasteiger partial charge in [-0.2, -0.15) is 0 Å². The number of hydrogen-bond donors (Lipinski definition) is 1. The largest absolute Gasteiger partial charge is 0.241 e. The smallest absolute Gasteiger partial charge is 0.208 e. The van der Waals surface area contributed by atoms with E-state index in [4.69, 9.17) is 11.6 Å². The average Bonchev–Trinajstić information content (AvgIpc) is 2.38. The lowest BCUT2D eigenvalue weighted by Gasteiger charge is -2.14. The van der Waals surface area contributed by atoms with E-state index in [0.717, 1.165) is 11.8 Å². The third-order valence-corrected chi connectivity index (χ3v) is 5.07. The number of benzene rings is 2. The van der Waals surface area contributed by atoms with Gasteiger partial charge >= 0.3 is 0 Å². The molecule has 0 fully saturated rings. The van der Waals surface area contributed by atoms with E-state index in [1.807, 2.05) is 26.0 Å². The zero-order chi connectivity index (χ0) is 14.0. The highest BCUT2D eigenvalue weighted by molar-refractivity contribution is 7.89. The van der Waals surface area contributed by atoms with Crippen LogP contribution in [0.5, 0.6) is 0 Å². The topological polar surface area (TPSA) is 46.2 Å². The second-order valence-electron chi connectivity index (χ2n) is 4.52. The van der Waals surface area contributed by atoms with E-state index in [2.05, 4.69) is 4.72 Å². The summed E-state index contributed by atoms with van der Waals surface area (Å²) in [6.45, 7) is 3.78. The molecule has 0 saturated carbocycles. The number of halogens is 1. The maximum atomic E-state index is 12.4. The van der Waals surface area contributed by atoms with Crippen molar-refractivity contribution < 1.29 is 8.42 Å². The molecule has 2 aromatic rings. The molecule has 0 saturated heterocycles. The minimum Gasteiger partial charge on any atom is -0.208 e. The number of fused-ring (bicyclic) bond motifs is 1. The monoisotopic (exact) mass is 297 g/mol. The summed E-state index contributed by atoms with van der Waals surface area (Å²) in [6.07, 6.45) is 0.741. The molecule has 3 nitrogen and oxygen atoms in total. The molecule has 1 N–H and O–H groups in total. The average molecular weight is 298 g/mol. The molecule has 102 valence electrons. The van der Waals surface area contributed by atoms with Gasteiger partial charge in [0, 0.05) is 21.8 Å². The molecule has 0 heterocycles. The Balaban J connectivity index is 2.60. The Morgan fingerprint density at radius 2 is 1.79 bits per heavy atom. The lowest BCUT2D eigenvalue weighted by molar-refractivity contribution is 0.556. The van der Waals surface area contributed by atoms with Gasteiger partial charge in [-0.3, -0.25) is 0 Å². The quantitative estimate of drug-likeness (QED) is 0.938. The number of nitrogens with one attached hydrogen (secondary N) is 1. The van der Waals surface area contributed by atoms with E-state index >= 15 is 0 Å². The molecule has 2 rings (SSSR count). The highest BCUT2D eigenvalue weighted by Gasteiger charge is 2.19. The first-order chi connectivity index (χ1) is 8.95. The molecule has 0 amide bonds. The normalized spacial score (nSPS) is 13.6. The van der Waals surface area contributed by atoms with Gasteiger partial charge in [0.1, 0.15) is 0 Å². The van der Waals surface area contributed by atoms with Crippen molar-refractivity contribution in [2.75, 3.05) is 0 Å². The summed E-state index contributed by atoms with van der Waals surface area (Å²) in [5.74, 6) is 0. The van der Waals surface area contributed by atoms with Crippen LogP contribution in [0.1, 0.15) is 20.3 Å². The molecule has 0 bridgehead atoms. The van der Waals surface area contributed by atoms with Gasteiger partial charge in [-0.1, -0.05) is 42.8 Å². The summed E-state index contributed by atoms with van der Waals surface area (Å²) in [6, 6.07) is 10.3. The van der Waals surface area contributed by atoms with Crippen LogP contribution in [-0.2, 0) is 10.0 Å². The van der Waals surface area contributed by atoms with Crippen molar-refractivity contribution in [3.05, 3.63) is 41.4 Å². The van der Waals surface area contributed by atoms with Gasteiger partial charge in [0.2, 0.25) is 10.0 Å². The fourth-order valence-electron chi connectivity index (χ4n) is 1.88. The number of sulfonamides is 1. The molecule has 19 heavy (non-hydrogen) atoms. The Labute approximate surface area is 118 Å². The van der Waals surface area contributed by atoms with Crippen LogP contribution < -0.4 is 4.72 Å². The zero-order valence-corrected chi connectivity index (χ0v) is 12.4. The Hall–Kier alpha value is -1.10. The predicted octanol–water partition coefficient (Wildman–Crippen LogP) is 3.57. The van der Waals surface area contributed by atoms with Gasteiger partial charge in [0.05, 0.1) is 4.90 Å². The third kappa shape index (κ3) is 2.91. The second kappa shape index (κ2) is 5.49. The van der Waals surface area contributed by atoms with E-state index in [0.29, 0.717) is 10.4 Å². The molecule has 0 spiro atoms. The molecule has 2 aromatic carbocycles. The Morgan fingerprint density at radius 1 is 1.16 bits per heavy atom. The van der Waals surface area contributed by atoms with Gasteiger partial charge in [-0.25, -0.2) is 13.1 Å². The lowest BCUT2D eigenvalue weighted by atomic mass is 10.1. The fraction of sp³-hybridized carbons (Fsp3) is 0.286. The standard InChI is InChI=1S/C14H16ClNO2S/c1-3-10(2)16-19(17,18)14-9-8-13(15)11-6-4-5-7-12(11)14/h4-10,16H,3H2,1-2H3/t10-/m0/s1. The van der Waals surface area contributed by atoms with Crippen molar-refractivity contribution in [1.82, 2.24) is 4.72 Å². The molecule has 0 aliphatic carbocycles. The highest BCUT2D eigenvalue weighted by Crippen LogP contribution is 2.29. The first-order valence-corrected chi connectivity index (χ1v) is 8.01. The summed E-state index contributed by atoms with van der Waals surface area (Å²) in [5, 5.41) is 1.94. The van der Waals surface area contributed by atoms with Crippen LogP contribution in [0.4, 0.5) is 0 Å². The van der Waals surface area contributed by atoms with Crippen molar-refractivity contribution in [2.24, 2.45) is 0 Å². The van der Waals surface area contributed by atoms with Crippen molar-refractivity contribution in [3.8, 4) is 0 Å². The van der Waals surface area contributed by atoms with Crippen LogP contribution in [0.3, 0.4) is 0 Å². The minimum atomic E-state index is -3.52. The van der Waals surface area contributed by atoms with E-state index < -0.39 is 10.0 Å². The first kappa shape index (κ1) is 14.3. The number of rotatable bonds is 4. The van der Waals surface area contributed by atoms with Crippen molar-refractivity contribution >= 4 is 32.4 Å². The molecule has 0 aliphatic rings. The van der Waals surface area contributed by atoms with Gasteiger partial charge in [-0.15, -0.1) is 0 Å². The molecule has 0 aromatic heterocycles. The Morgan fingerprint density at radius 3 is 2.42 bits per heavy atom. The Bertz CT molecular complexity index is 698. The molecular formula is C14H16ClNO2S. The molecular weight excluding hydrogens is 282 g/mol. The summed E-state index contributed by atoms with van der Waals surface area (Å²) >= 11 is 6.10. The molecule has 0 unspecified atom stereocenters. The van der Waals surface area contributed by atoms with Crippen molar-refractivity contribution in [3.63, 3.8) is 0 Å². The predicted molar refractivity (Wildman–Crippen MR) is 79.0 cm³/mol. The first-order valence-electron chi connectivity index (χ1n) is 6.15. The summed E-state index contributed by atoms with van der Waals surface area (Å²) in [5.41, 5.74) is 0. The lowest BCUT2D eigenvalue weighted by Crippen LogP contribution is -2.32. The van der Waals surface area contributed by atoms with Crippen LogP contribution in [0, 0.1) is 0 Å². The van der Waals surface area contributed by atoms with Gasteiger partial charge in [0.25, 0.3) is 0 Å². The summed E-state index contributed by atoms with van der Waals surface area (Å²) in [4.78, 5) is 0.271. The summed E-state index contributed by atoms with van der Waals surface area (Å²) in [7, 11) is -3.52. The maximum Gasteiger partial charge on any atom is 0.241 e. The summed E-state index contributed by atoms with van der Waals surface area (Å²) < 4.78 is 27.4. The van der Waals surface area contributed by atoms with Crippen LogP contribution in [0.15, 0.2) is 41.3 Å². The van der Waals surface area contributed by atoms with E-state index in [-0.39, 0.29) is 10.9 Å². The van der Waals surface area contributed by atoms with E-state index in [1.165, 1.54) is 0 Å². The van der Waals surface area contributed by atoms with Gasteiger partial charge in [0.15, 0.2) is 0 Å². The minimum absolute atomic E-state index is 0.0977. The molecule has 0 radical (unpaired) electrons. The van der Waals surface area contributed by atoms with Gasteiger partial charge in [-0.05, 0) is 25.5 Å². The van der Waals surface area contributed by atoms with E-state index in [9.17, 15) is 8.42 Å². The highest BCUT2D eigenvalue weighted by atomic mass is 35.5. The van der Waals surface area contributed by atoms with Crippen LogP contribution >= 0.6 is 11.6 Å². The van der Waals surface area contributed by atoms with Crippen molar-refractivity contribution in [1.29, 1.82) is 0 Å². The van der Waals surface area contributed by atoms with Crippen LogP contribution in [0.25, 0.3) is 10.8 Å². The molecule has 5 heteroatoms. The van der Waals surface area contributed by atoms with Gasteiger partial charge < -0.3 is 0 Å². The maximum absolute atomic E-state index is 12.4. The number of hydrogen-bond acceptors (Lipinski definition) is 2. The second-order valence-corrected chi connectivity index (χ2v) is 6.61.